The van der Waals surface area contributed by atoms with E-state index in [9.17, 15) is 4.79 Å². The maximum Gasteiger partial charge on any atom is 0.248 e. The van der Waals surface area contributed by atoms with E-state index in [0.29, 0.717) is 25.0 Å². The normalized spacial score (nSPS) is 26.9. The fourth-order valence-electron chi connectivity index (χ4n) is 1.67. The number of ether oxygens (including phenoxy) is 1. The summed E-state index contributed by atoms with van der Waals surface area (Å²) in [5.74, 6) is 1.30. The zero-order valence-electron chi connectivity index (χ0n) is 9.03. The minimum absolute atomic E-state index is 0.0923. The summed E-state index contributed by atoms with van der Waals surface area (Å²) in [6.45, 7) is 7.21. The summed E-state index contributed by atoms with van der Waals surface area (Å²) < 4.78 is 5.11. The number of nitrogens with zero attached hydrogens (tertiary/aromatic N) is 1. The SMILES string of the molecule is CC1CN(C(=O)COCCN)CC1C. The Morgan fingerprint density at radius 3 is 2.50 bits per heavy atom. The molecule has 0 bridgehead atoms. The molecule has 2 atom stereocenters. The molecule has 0 aromatic heterocycles. The van der Waals surface area contributed by atoms with Crippen LogP contribution in [0.3, 0.4) is 0 Å². The first-order valence-electron chi connectivity index (χ1n) is 5.20. The lowest BCUT2D eigenvalue weighted by atomic mass is 10.0. The second-order valence-electron chi connectivity index (χ2n) is 4.09. The molecule has 4 nitrogen and oxygen atoms in total. The van der Waals surface area contributed by atoms with E-state index in [0.717, 1.165) is 13.1 Å². The summed E-state index contributed by atoms with van der Waals surface area (Å²) >= 11 is 0. The standard InChI is InChI=1S/C10H20N2O2/c1-8-5-12(6-9(8)2)10(13)7-14-4-3-11/h8-9H,3-7,11H2,1-2H3. The summed E-state index contributed by atoms with van der Waals surface area (Å²) in [4.78, 5) is 13.5. The fourth-order valence-corrected chi connectivity index (χ4v) is 1.67. The zero-order chi connectivity index (χ0) is 10.6. The van der Waals surface area contributed by atoms with Crippen LogP contribution in [0.5, 0.6) is 0 Å². The van der Waals surface area contributed by atoms with Gasteiger partial charge >= 0.3 is 0 Å². The van der Waals surface area contributed by atoms with Gasteiger partial charge in [-0.25, -0.2) is 0 Å². The molecule has 1 aliphatic heterocycles. The maximum absolute atomic E-state index is 11.6. The molecule has 14 heavy (non-hydrogen) atoms. The number of hydrogen-bond donors (Lipinski definition) is 1. The Morgan fingerprint density at radius 2 is 2.00 bits per heavy atom. The lowest BCUT2D eigenvalue weighted by Gasteiger charge is -2.15. The van der Waals surface area contributed by atoms with Gasteiger partial charge in [-0.05, 0) is 11.8 Å². The Labute approximate surface area is 85.4 Å². The van der Waals surface area contributed by atoms with Crippen molar-refractivity contribution in [3.63, 3.8) is 0 Å². The van der Waals surface area contributed by atoms with Crippen molar-refractivity contribution in [3.8, 4) is 0 Å². The summed E-state index contributed by atoms with van der Waals surface area (Å²) in [6, 6.07) is 0. The van der Waals surface area contributed by atoms with Gasteiger partial charge in [0.1, 0.15) is 6.61 Å². The average Bonchev–Trinajstić information content (AvgIpc) is 2.47. The molecule has 4 heteroatoms. The molecule has 82 valence electrons. The molecule has 2 N–H and O–H groups in total. The topological polar surface area (TPSA) is 55.6 Å². The minimum atomic E-state index is 0.0923. The van der Waals surface area contributed by atoms with E-state index >= 15 is 0 Å². The van der Waals surface area contributed by atoms with E-state index in [2.05, 4.69) is 13.8 Å². The van der Waals surface area contributed by atoms with Gasteiger partial charge in [0.2, 0.25) is 5.91 Å². The highest BCUT2D eigenvalue weighted by atomic mass is 16.5. The number of amides is 1. The Hall–Kier alpha value is -0.610. The van der Waals surface area contributed by atoms with Crippen LogP contribution in [0, 0.1) is 11.8 Å². The first kappa shape index (κ1) is 11.5. The van der Waals surface area contributed by atoms with Gasteiger partial charge < -0.3 is 15.4 Å². The van der Waals surface area contributed by atoms with E-state index in [1.54, 1.807) is 0 Å². The molecule has 1 fully saturated rings. The van der Waals surface area contributed by atoms with Gasteiger partial charge in [-0.1, -0.05) is 13.8 Å². The molecule has 2 unspecified atom stereocenters. The van der Waals surface area contributed by atoms with Crippen molar-refractivity contribution in [2.24, 2.45) is 17.6 Å². The third-order valence-corrected chi connectivity index (χ3v) is 2.83. The smallest absolute Gasteiger partial charge is 0.248 e. The van der Waals surface area contributed by atoms with E-state index in [1.165, 1.54) is 0 Å². The predicted octanol–water partition coefficient (Wildman–Crippen LogP) is 0.0761. The fraction of sp³-hybridized carbons (Fsp3) is 0.900. The third kappa shape index (κ3) is 2.96. The van der Waals surface area contributed by atoms with Crippen molar-refractivity contribution < 1.29 is 9.53 Å². The Kier molecular flexibility index (Phi) is 4.35. The van der Waals surface area contributed by atoms with Crippen LogP contribution in [0.1, 0.15) is 13.8 Å². The average molecular weight is 200 g/mol. The second kappa shape index (κ2) is 5.32. The summed E-state index contributed by atoms with van der Waals surface area (Å²) in [6.07, 6.45) is 0. The van der Waals surface area contributed by atoms with E-state index < -0.39 is 0 Å². The number of carbonyl (C=O) groups is 1. The van der Waals surface area contributed by atoms with Gasteiger partial charge in [-0.3, -0.25) is 4.79 Å². The van der Waals surface area contributed by atoms with Crippen LogP contribution in [-0.4, -0.2) is 43.7 Å². The van der Waals surface area contributed by atoms with E-state index in [1.807, 2.05) is 4.90 Å². The van der Waals surface area contributed by atoms with Crippen LogP contribution in [0.4, 0.5) is 0 Å². The molecule has 0 aliphatic carbocycles. The third-order valence-electron chi connectivity index (χ3n) is 2.83. The number of likely N-dealkylation sites (tertiary alicyclic amines) is 1. The van der Waals surface area contributed by atoms with Crippen LogP contribution < -0.4 is 5.73 Å². The largest absolute Gasteiger partial charge is 0.370 e. The van der Waals surface area contributed by atoms with Crippen molar-refractivity contribution in [1.29, 1.82) is 0 Å². The molecule has 1 rings (SSSR count). The van der Waals surface area contributed by atoms with E-state index in [-0.39, 0.29) is 12.5 Å². The van der Waals surface area contributed by atoms with Gasteiger partial charge in [0.05, 0.1) is 6.61 Å². The highest BCUT2D eigenvalue weighted by molar-refractivity contribution is 5.77. The van der Waals surface area contributed by atoms with Gasteiger partial charge in [-0.2, -0.15) is 0 Å². The summed E-state index contributed by atoms with van der Waals surface area (Å²) in [5, 5.41) is 0. The van der Waals surface area contributed by atoms with Gasteiger partial charge in [0.25, 0.3) is 0 Å². The summed E-state index contributed by atoms with van der Waals surface area (Å²) in [5.41, 5.74) is 5.26. The van der Waals surface area contributed by atoms with Crippen molar-refractivity contribution in [2.45, 2.75) is 13.8 Å². The number of rotatable bonds is 4. The molecule has 1 aliphatic rings. The first-order chi connectivity index (χ1) is 6.65. The molecule has 0 radical (unpaired) electrons. The minimum Gasteiger partial charge on any atom is -0.370 e. The van der Waals surface area contributed by atoms with Crippen molar-refractivity contribution >= 4 is 5.91 Å². The highest BCUT2D eigenvalue weighted by Crippen LogP contribution is 2.21. The van der Waals surface area contributed by atoms with Crippen LogP contribution in [0.2, 0.25) is 0 Å². The number of hydrogen-bond acceptors (Lipinski definition) is 3. The molecule has 0 aromatic rings. The molecule has 1 saturated heterocycles. The summed E-state index contributed by atoms with van der Waals surface area (Å²) in [7, 11) is 0. The van der Waals surface area contributed by atoms with E-state index in [4.69, 9.17) is 10.5 Å². The van der Waals surface area contributed by atoms with Gasteiger partial charge in [0.15, 0.2) is 0 Å². The molecule has 1 heterocycles. The van der Waals surface area contributed by atoms with Gasteiger partial charge in [-0.15, -0.1) is 0 Å². The van der Waals surface area contributed by atoms with Gasteiger partial charge in [0, 0.05) is 19.6 Å². The molecule has 0 aromatic carbocycles. The van der Waals surface area contributed by atoms with Crippen LogP contribution in [0.15, 0.2) is 0 Å². The monoisotopic (exact) mass is 200 g/mol. The first-order valence-corrected chi connectivity index (χ1v) is 5.20. The Bertz CT molecular complexity index is 187. The molecule has 1 amide bonds. The van der Waals surface area contributed by atoms with Crippen molar-refractivity contribution in [1.82, 2.24) is 4.90 Å². The van der Waals surface area contributed by atoms with Crippen LogP contribution in [0.25, 0.3) is 0 Å². The predicted molar refractivity (Wildman–Crippen MR) is 54.8 cm³/mol. The zero-order valence-corrected chi connectivity index (χ0v) is 9.03. The molecular formula is C10H20N2O2. The highest BCUT2D eigenvalue weighted by Gasteiger charge is 2.28. The lowest BCUT2D eigenvalue weighted by molar-refractivity contribution is -0.135. The maximum atomic E-state index is 11.6. The number of nitrogens with two attached hydrogens (primary N) is 1. The Balaban J connectivity index is 2.25. The Morgan fingerprint density at radius 1 is 1.43 bits per heavy atom. The van der Waals surface area contributed by atoms with Crippen molar-refractivity contribution in [3.05, 3.63) is 0 Å². The molecular weight excluding hydrogens is 180 g/mol. The van der Waals surface area contributed by atoms with Crippen molar-refractivity contribution in [2.75, 3.05) is 32.8 Å². The van der Waals surface area contributed by atoms with Crippen LogP contribution >= 0.6 is 0 Å². The molecule has 0 spiro atoms. The molecule has 0 saturated carbocycles. The lowest BCUT2D eigenvalue weighted by Crippen LogP contribution is -2.32. The number of carbonyl (C=O) groups excluding carboxylic acids is 1. The second-order valence-corrected chi connectivity index (χ2v) is 4.09. The van der Waals surface area contributed by atoms with Crippen LogP contribution in [-0.2, 0) is 9.53 Å². The quantitative estimate of drug-likeness (QED) is 0.654.